The van der Waals surface area contributed by atoms with E-state index in [-0.39, 0.29) is 17.2 Å². The Morgan fingerprint density at radius 2 is 1.97 bits per heavy atom. The molecule has 3 aromatic heterocycles. The minimum Gasteiger partial charge on any atom is -0.378 e. The van der Waals surface area contributed by atoms with Crippen molar-refractivity contribution in [3.8, 4) is 10.4 Å². The van der Waals surface area contributed by atoms with E-state index >= 15 is 0 Å². The number of benzene rings is 1. The van der Waals surface area contributed by atoms with Gasteiger partial charge in [-0.2, -0.15) is 0 Å². The molecule has 0 saturated heterocycles. The van der Waals surface area contributed by atoms with E-state index in [1.165, 1.54) is 23.1 Å². The van der Waals surface area contributed by atoms with E-state index < -0.39 is 0 Å². The monoisotopic (exact) mass is 470 g/mol. The maximum absolute atomic E-state index is 13.2. The first-order chi connectivity index (χ1) is 15.0. The predicted molar refractivity (Wildman–Crippen MR) is 133 cm³/mol. The number of fused-ring (bicyclic) bond motifs is 1. The molecule has 0 radical (unpaired) electrons. The normalized spacial score (nSPS) is 11.1. The maximum atomic E-state index is 13.2. The number of aromatic nitrogens is 2. The molecule has 1 aromatic carbocycles. The average molecular weight is 471 g/mol. The summed E-state index contributed by atoms with van der Waals surface area (Å²) in [6.45, 7) is 2.42. The molecule has 160 valence electrons. The van der Waals surface area contributed by atoms with Crippen molar-refractivity contribution < 1.29 is 4.79 Å². The summed E-state index contributed by atoms with van der Waals surface area (Å²) in [7, 11) is 3.94. The van der Waals surface area contributed by atoms with Crippen LogP contribution in [-0.4, -0.2) is 35.3 Å². The predicted octanol–water partition coefficient (Wildman–Crippen LogP) is 5.00. The van der Waals surface area contributed by atoms with Gasteiger partial charge in [0.2, 0.25) is 5.91 Å². The Morgan fingerprint density at radius 1 is 1.19 bits per heavy atom. The van der Waals surface area contributed by atoms with E-state index in [9.17, 15) is 9.59 Å². The van der Waals surface area contributed by atoms with Gasteiger partial charge in [0, 0.05) is 47.8 Å². The highest BCUT2D eigenvalue weighted by Crippen LogP contribution is 2.34. The molecule has 1 amide bonds. The van der Waals surface area contributed by atoms with Crippen LogP contribution in [0.15, 0.2) is 57.1 Å². The first-order valence-corrected chi connectivity index (χ1v) is 12.5. The summed E-state index contributed by atoms with van der Waals surface area (Å²) in [6.07, 6.45) is 0. The lowest BCUT2D eigenvalue weighted by atomic mass is 10.2. The van der Waals surface area contributed by atoms with Gasteiger partial charge in [0.1, 0.15) is 4.83 Å². The molecule has 3 heterocycles. The zero-order valence-corrected chi connectivity index (χ0v) is 19.9. The van der Waals surface area contributed by atoms with Crippen molar-refractivity contribution in [2.45, 2.75) is 18.6 Å². The zero-order valence-electron chi connectivity index (χ0n) is 17.4. The van der Waals surface area contributed by atoms with E-state index in [1.54, 1.807) is 15.9 Å². The van der Waals surface area contributed by atoms with Crippen molar-refractivity contribution in [1.82, 2.24) is 9.55 Å². The lowest BCUT2D eigenvalue weighted by molar-refractivity contribution is -0.113. The molecule has 0 spiro atoms. The third-order valence-electron chi connectivity index (χ3n) is 4.76. The Labute approximate surface area is 192 Å². The van der Waals surface area contributed by atoms with E-state index in [1.807, 2.05) is 73.1 Å². The minimum atomic E-state index is -0.134. The van der Waals surface area contributed by atoms with Crippen LogP contribution in [0.2, 0.25) is 0 Å². The van der Waals surface area contributed by atoms with Crippen LogP contribution in [0.25, 0.3) is 20.7 Å². The molecule has 0 aliphatic heterocycles. The molecular formula is C22H22N4O2S3. The minimum absolute atomic E-state index is 0.0562. The highest BCUT2D eigenvalue weighted by atomic mass is 32.2. The topological polar surface area (TPSA) is 67.2 Å². The average Bonchev–Trinajstić information content (AvgIpc) is 3.42. The molecule has 6 nitrogen and oxygen atoms in total. The van der Waals surface area contributed by atoms with Crippen LogP contribution < -0.4 is 15.8 Å². The molecule has 9 heteroatoms. The standard InChI is InChI=1S/C22H22N4O2S3/c1-4-26-21(28)19-16(17-6-5-11-29-17)12-30-20(19)24-22(26)31-13-18(27)23-14-7-9-15(10-8-14)25(2)3/h5-12H,4,13H2,1-3H3,(H,23,27). The molecule has 4 aromatic rings. The van der Waals surface area contributed by atoms with E-state index in [0.717, 1.165) is 21.8 Å². The summed E-state index contributed by atoms with van der Waals surface area (Å²) in [5.41, 5.74) is 2.69. The SMILES string of the molecule is CCn1c(SCC(=O)Nc2ccc(N(C)C)cc2)nc2scc(-c3cccs3)c2c1=O. The molecule has 0 aliphatic rings. The van der Waals surface area contributed by atoms with Crippen LogP contribution in [-0.2, 0) is 11.3 Å². The lowest BCUT2D eigenvalue weighted by Crippen LogP contribution is -2.23. The second kappa shape index (κ2) is 9.25. The van der Waals surface area contributed by atoms with E-state index in [2.05, 4.69) is 5.32 Å². The van der Waals surface area contributed by atoms with Crippen molar-refractivity contribution in [3.05, 3.63) is 57.5 Å². The number of thioether (sulfide) groups is 1. The van der Waals surface area contributed by atoms with Gasteiger partial charge < -0.3 is 10.2 Å². The van der Waals surface area contributed by atoms with Crippen LogP contribution in [0, 0.1) is 0 Å². The van der Waals surface area contributed by atoms with Crippen molar-refractivity contribution >= 4 is 61.9 Å². The number of amides is 1. The summed E-state index contributed by atoms with van der Waals surface area (Å²) < 4.78 is 1.65. The third kappa shape index (κ3) is 4.53. The molecule has 0 fully saturated rings. The number of thiophene rings is 2. The first kappa shape index (κ1) is 21.6. The lowest BCUT2D eigenvalue weighted by Gasteiger charge is -2.13. The van der Waals surface area contributed by atoms with Gasteiger partial charge in [-0.25, -0.2) is 4.98 Å². The summed E-state index contributed by atoms with van der Waals surface area (Å²) in [6, 6.07) is 11.7. The number of hydrogen-bond donors (Lipinski definition) is 1. The number of carbonyl (C=O) groups is 1. The molecule has 31 heavy (non-hydrogen) atoms. The number of carbonyl (C=O) groups excluding carboxylic acids is 1. The maximum Gasteiger partial charge on any atom is 0.263 e. The Balaban J connectivity index is 1.53. The second-order valence-electron chi connectivity index (χ2n) is 7.03. The molecule has 0 aliphatic carbocycles. The largest absolute Gasteiger partial charge is 0.378 e. The van der Waals surface area contributed by atoms with Gasteiger partial charge in [-0.15, -0.1) is 22.7 Å². The van der Waals surface area contributed by atoms with Gasteiger partial charge in [0.25, 0.3) is 5.56 Å². The number of rotatable bonds is 7. The molecule has 0 unspecified atom stereocenters. The third-order valence-corrected chi connectivity index (χ3v) is 7.51. The molecular weight excluding hydrogens is 448 g/mol. The second-order valence-corrected chi connectivity index (χ2v) is 9.78. The summed E-state index contributed by atoms with van der Waals surface area (Å²) in [5, 5.41) is 8.12. The number of nitrogens with zero attached hydrogens (tertiary/aromatic N) is 3. The first-order valence-electron chi connectivity index (χ1n) is 9.74. The number of anilines is 2. The summed E-state index contributed by atoms with van der Waals surface area (Å²) in [5.74, 6) is 0.0429. The Hall–Kier alpha value is -2.62. The van der Waals surface area contributed by atoms with Gasteiger partial charge in [0.05, 0.1) is 11.1 Å². The van der Waals surface area contributed by atoms with Gasteiger partial charge in [-0.3, -0.25) is 14.2 Å². The van der Waals surface area contributed by atoms with Gasteiger partial charge in [0.15, 0.2) is 5.16 Å². The Morgan fingerprint density at radius 3 is 2.61 bits per heavy atom. The fourth-order valence-electron chi connectivity index (χ4n) is 3.18. The van der Waals surface area contributed by atoms with Crippen molar-refractivity contribution in [2.24, 2.45) is 0 Å². The van der Waals surface area contributed by atoms with Crippen LogP contribution >= 0.6 is 34.4 Å². The van der Waals surface area contributed by atoms with Crippen LogP contribution in [0.1, 0.15) is 6.92 Å². The number of hydrogen-bond acceptors (Lipinski definition) is 7. The van der Waals surface area contributed by atoms with Crippen molar-refractivity contribution in [3.63, 3.8) is 0 Å². The fourth-order valence-corrected chi connectivity index (χ4v) is 5.84. The number of nitrogens with one attached hydrogen (secondary N) is 1. The highest BCUT2D eigenvalue weighted by molar-refractivity contribution is 7.99. The zero-order chi connectivity index (χ0) is 22.0. The molecule has 0 atom stereocenters. The Kier molecular flexibility index (Phi) is 6.45. The van der Waals surface area contributed by atoms with Gasteiger partial charge in [-0.05, 0) is 42.6 Å². The molecule has 4 rings (SSSR count). The van der Waals surface area contributed by atoms with Crippen molar-refractivity contribution in [2.75, 3.05) is 30.1 Å². The molecule has 1 N–H and O–H groups in total. The highest BCUT2D eigenvalue weighted by Gasteiger charge is 2.18. The quantitative estimate of drug-likeness (QED) is 0.304. The van der Waals surface area contributed by atoms with E-state index in [4.69, 9.17) is 4.98 Å². The van der Waals surface area contributed by atoms with Crippen LogP contribution in [0.3, 0.4) is 0 Å². The van der Waals surface area contributed by atoms with Gasteiger partial charge >= 0.3 is 0 Å². The fraction of sp³-hybridized carbons (Fsp3) is 0.227. The van der Waals surface area contributed by atoms with Crippen LogP contribution in [0.4, 0.5) is 11.4 Å². The molecule has 0 saturated carbocycles. The van der Waals surface area contributed by atoms with E-state index in [0.29, 0.717) is 21.9 Å². The Bertz CT molecular complexity index is 1260. The smallest absolute Gasteiger partial charge is 0.263 e. The summed E-state index contributed by atoms with van der Waals surface area (Å²) in [4.78, 5) is 34.1. The van der Waals surface area contributed by atoms with Gasteiger partial charge in [-0.1, -0.05) is 17.8 Å². The summed E-state index contributed by atoms with van der Waals surface area (Å²) >= 11 is 4.36. The van der Waals surface area contributed by atoms with Crippen molar-refractivity contribution in [1.29, 1.82) is 0 Å². The van der Waals surface area contributed by atoms with Crippen LogP contribution in [0.5, 0.6) is 0 Å². The molecule has 0 bridgehead atoms.